The maximum absolute atomic E-state index is 12.9. The second kappa shape index (κ2) is 8.85. The summed E-state index contributed by atoms with van der Waals surface area (Å²) in [7, 11) is 0.275. The molecule has 0 aliphatic carbocycles. The van der Waals surface area contributed by atoms with E-state index in [1.165, 1.54) is 16.4 Å². The summed E-state index contributed by atoms with van der Waals surface area (Å²) in [6, 6.07) is 12.9. The molecule has 0 atom stereocenters. The van der Waals surface area contributed by atoms with Crippen LogP contribution in [0.2, 0.25) is 0 Å². The molecule has 0 aliphatic rings. The van der Waals surface area contributed by atoms with Gasteiger partial charge in [0.15, 0.2) is 0 Å². The molecule has 0 fully saturated rings. The summed E-state index contributed by atoms with van der Waals surface area (Å²) >= 11 is 0. The minimum absolute atomic E-state index is 0.0176. The van der Waals surface area contributed by atoms with Crippen LogP contribution in [0.15, 0.2) is 48.5 Å². The van der Waals surface area contributed by atoms with E-state index in [0.717, 1.165) is 17.5 Å². The van der Waals surface area contributed by atoms with Crippen LogP contribution in [0.25, 0.3) is 0 Å². The van der Waals surface area contributed by atoms with Crippen LogP contribution in [0.1, 0.15) is 12.0 Å². The lowest BCUT2D eigenvalue weighted by Crippen LogP contribution is -2.34. The Morgan fingerprint density at radius 3 is 2.07 bits per heavy atom. The first kappa shape index (κ1) is 20.7. The van der Waals surface area contributed by atoms with Crippen LogP contribution in [0.4, 0.5) is 15.8 Å². The molecule has 0 radical (unpaired) electrons. The fourth-order valence-electron chi connectivity index (χ4n) is 2.50. The van der Waals surface area contributed by atoms with Crippen molar-refractivity contribution in [2.24, 2.45) is 0 Å². The number of sulfonamides is 1. The molecule has 0 unspecified atom stereocenters. The molecule has 0 saturated carbocycles. The van der Waals surface area contributed by atoms with Crippen LogP contribution in [0.5, 0.6) is 0 Å². The molecule has 0 bridgehead atoms. The molecule has 2 aromatic rings. The quantitative estimate of drug-likeness (QED) is 0.748. The van der Waals surface area contributed by atoms with Gasteiger partial charge in [0, 0.05) is 39.3 Å². The minimum atomic E-state index is -3.52. The number of benzene rings is 2. The zero-order valence-corrected chi connectivity index (χ0v) is 16.5. The Kier molecular flexibility index (Phi) is 6.79. The second-order valence-electron chi connectivity index (χ2n) is 6.40. The molecule has 1 amide bonds. The average Bonchev–Trinajstić information content (AvgIpc) is 2.60. The predicted octanol–water partition coefficient (Wildman–Crippen LogP) is 2.36. The monoisotopic (exact) mass is 393 g/mol. The van der Waals surface area contributed by atoms with Gasteiger partial charge >= 0.3 is 0 Å². The zero-order valence-electron chi connectivity index (χ0n) is 15.6. The summed E-state index contributed by atoms with van der Waals surface area (Å²) in [6.45, 7) is 0.297. The van der Waals surface area contributed by atoms with Gasteiger partial charge in [-0.05, 0) is 42.0 Å². The van der Waals surface area contributed by atoms with Crippen LogP contribution in [-0.4, -0.2) is 41.2 Å². The molecule has 146 valence electrons. The number of halogens is 1. The highest BCUT2D eigenvalue weighted by molar-refractivity contribution is 7.92. The van der Waals surface area contributed by atoms with E-state index < -0.39 is 10.0 Å². The van der Waals surface area contributed by atoms with Crippen LogP contribution in [0.3, 0.4) is 0 Å². The van der Waals surface area contributed by atoms with E-state index in [9.17, 15) is 17.6 Å². The second-order valence-corrected chi connectivity index (χ2v) is 8.31. The fourth-order valence-corrected chi connectivity index (χ4v) is 3.43. The molecule has 2 aromatic carbocycles. The topological polar surface area (TPSA) is 69.7 Å². The smallest absolute Gasteiger partial charge is 0.232 e. The lowest BCUT2D eigenvalue weighted by Gasteiger charge is -2.23. The number of amides is 1. The molecule has 0 spiro atoms. The van der Waals surface area contributed by atoms with E-state index in [-0.39, 0.29) is 31.2 Å². The Morgan fingerprint density at radius 2 is 1.56 bits per heavy atom. The van der Waals surface area contributed by atoms with Crippen molar-refractivity contribution in [2.45, 2.75) is 13.0 Å². The van der Waals surface area contributed by atoms with Gasteiger partial charge in [0.1, 0.15) is 5.82 Å². The zero-order chi connectivity index (χ0) is 20.0. The maximum Gasteiger partial charge on any atom is 0.232 e. The van der Waals surface area contributed by atoms with Crippen molar-refractivity contribution in [1.82, 2.24) is 5.32 Å². The highest BCUT2D eigenvalue weighted by Crippen LogP contribution is 2.21. The fraction of sp³-hybridized carbons (Fsp3) is 0.316. The molecule has 0 aromatic heterocycles. The minimum Gasteiger partial charge on any atom is -0.378 e. The summed E-state index contributed by atoms with van der Waals surface area (Å²) in [5.74, 6) is -0.618. The van der Waals surface area contributed by atoms with Crippen molar-refractivity contribution in [2.75, 3.05) is 36.1 Å². The van der Waals surface area contributed by atoms with Gasteiger partial charge in [-0.25, -0.2) is 12.8 Å². The van der Waals surface area contributed by atoms with Crippen molar-refractivity contribution in [3.8, 4) is 0 Å². The van der Waals surface area contributed by atoms with E-state index >= 15 is 0 Å². The molecule has 1 N–H and O–H groups in total. The average molecular weight is 393 g/mol. The van der Waals surface area contributed by atoms with Gasteiger partial charge in [-0.3, -0.25) is 9.10 Å². The highest BCUT2D eigenvalue weighted by Gasteiger charge is 2.18. The number of rotatable bonds is 8. The van der Waals surface area contributed by atoms with Crippen molar-refractivity contribution in [1.29, 1.82) is 0 Å². The number of carbonyl (C=O) groups excluding carboxylic acids is 1. The van der Waals surface area contributed by atoms with Crippen LogP contribution in [-0.2, 0) is 21.4 Å². The van der Waals surface area contributed by atoms with E-state index in [1.807, 2.05) is 31.1 Å². The van der Waals surface area contributed by atoms with Crippen LogP contribution in [0, 0.1) is 5.82 Å². The summed E-state index contributed by atoms with van der Waals surface area (Å²) in [5, 5.41) is 2.71. The third kappa shape index (κ3) is 6.25. The Labute approximate surface area is 159 Å². The number of hydrogen-bond acceptors (Lipinski definition) is 4. The van der Waals surface area contributed by atoms with Crippen molar-refractivity contribution < 1.29 is 17.6 Å². The number of nitrogens with zero attached hydrogens (tertiary/aromatic N) is 2. The van der Waals surface area contributed by atoms with Gasteiger partial charge in [0.05, 0.1) is 11.9 Å². The molecule has 0 aliphatic heterocycles. The number of anilines is 2. The van der Waals surface area contributed by atoms with Crippen molar-refractivity contribution in [3.63, 3.8) is 0 Å². The lowest BCUT2D eigenvalue weighted by molar-refractivity contribution is -0.121. The normalized spacial score (nSPS) is 11.1. The van der Waals surface area contributed by atoms with Gasteiger partial charge in [0.25, 0.3) is 0 Å². The Morgan fingerprint density at radius 1 is 1.00 bits per heavy atom. The molecule has 0 heterocycles. The van der Waals surface area contributed by atoms with E-state index in [0.29, 0.717) is 5.69 Å². The Bertz CT molecular complexity index is 866. The summed E-state index contributed by atoms with van der Waals surface area (Å²) < 4.78 is 38.3. The van der Waals surface area contributed by atoms with E-state index in [2.05, 4.69) is 5.32 Å². The molecule has 27 heavy (non-hydrogen) atoms. The number of nitrogens with one attached hydrogen (secondary N) is 1. The lowest BCUT2D eigenvalue weighted by atomic mass is 10.2. The molecular weight excluding hydrogens is 369 g/mol. The van der Waals surface area contributed by atoms with Crippen LogP contribution < -0.4 is 14.5 Å². The molecule has 2 rings (SSSR count). The van der Waals surface area contributed by atoms with Gasteiger partial charge in [-0.1, -0.05) is 12.1 Å². The molecule has 8 heteroatoms. The summed E-state index contributed by atoms with van der Waals surface area (Å²) in [5.41, 5.74) is 2.22. The number of hydrogen-bond donors (Lipinski definition) is 1. The van der Waals surface area contributed by atoms with Crippen molar-refractivity contribution >= 4 is 27.3 Å². The standard InChI is InChI=1S/C19H24FN3O3S/c1-22(2)17-8-10-18(11-9-17)23(27(3,25)26)13-12-19(24)21-14-15-4-6-16(20)7-5-15/h4-11H,12-14H2,1-3H3,(H,21,24). The van der Waals surface area contributed by atoms with E-state index in [1.54, 1.807) is 24.3 Å². The van der Waals surface area contributed by atoms with Gasteiger partial charge in [0.2, 0.25) is 15.9 Å². The SMILES string of the molecule is CN(C)c1ccc(N(CCC(=O)NCc2ccc(F)cc2)S(C)(=O)=O)cc1. The summed E-state index contributed by atoms with van der Waals surface area (Å²) in [6.07, 6.45) is 1.13. The predicted molar refractivity (Wildman–Crippen MR) is 106 cm³/mol. The third-order valence-corrected chi connectivity index (χ3v) is 5.19. The van der Waals surface area contributed by atoms with Gasteiger partial charge in [-0.15, -0.1) is 0 Å². The Hall–Kier alpha value is -2.61. The molecular formula is C19H24FN3O3S. The largest absolute Gasteiger partial charge is 0.378 e. The van der Waals surface area contributed by atoms with Crippen LogP contribution >= 0.6 is 0 Å². The maximum atomic E-state index is 12.9. The first-order valence-electron chi connectivity index (χ1n) is 8.43. The highest BCUT2D eigenvalue weighted by atomic mass is 32.2. The summed E-state index contributed by atoms with van der Waals surface area (Å²) in [4.78, 5) is 14.0. The van der Waals surface area contributed by atoms with Gasteiger partial charge in [-0.2, -0.15) is 0 Å². The molecule has 0 saturated heterocycles. The van der Waals surface area contributed by atoms with E-state index in [4.69, 9.17) is 0 Å². The Balaban J connectivity index is 1.97. The first-order valence-corrected chi connectivity index (χ1v) is 10.3. The third-order valence-electron chi connectivity index (χ3n) is 4.00. The van der Waals surface area contributed by atoms with Crippen molar-refractivity contribution in [3.05, 3.63) is 59.9 Å². The molecule has 6 nitrogen and oxygen atoms in total. The first-order chi connectivity index (χ1) is 12.7. The van der Waals surface area contributed by atoms with Gasteiger partial charge < -0.3 is 10.2 Å². The number of carbonyl (C=O) groups is 1.